The summed E-state index contributed by atoms with van der Waals surface area (Å²) in [5, 5.41) is 3.19. The number of hydrogen-bond donors (Lipinski definition) is 1. The third-order valence-electron chi connectivity index (χ3n) is 7.62. The first-order chi connectivity index (χ1) is 20.5. The molecule has 230 valence electrons. The Balaban J connectivity index is 1.74. The molecule has 11 heteroatoms. The van der Waals surface area contributed by atoms with Gasteiger partial charge >= 0.3 is 10.2 Å². The van der Waals surface area contributed by atoms with Crippen LogP contribution in [0.4, 0.5) is 10.1 Å². The van der Waals surface area contributed by atoms with E-state index in [1.165, 1.54) is 31.1 Å². The number of carbonyl (C=O) groups excluding carboxylic acids is 2. The zero-order chi connectivity index (χ0) is 31.0. The summed E-state index contributed by atoms with van der Waals surface area (Å²) in [4.78, 5) is 29.8. The van der Waals surface area contributed by atoms with Crippen LogP contribution in [0.3, 0.4) is 0 Å². The van der Waals surface area contributed by atoms with Crippen molar-refractivity contribution in [2.24, 2.45) is 0 Å². The summed E-state index contributed by atoms with van der Waals surface area (Å²) in [5.74, 6) is -1.36. The maximum absolute atomic E-state index is 14.3. The van der Waals surface area contributed by atoms with Gasteiger partial charge in [-0.3, -0.25) is 9.59 Å². The fourth-order valence-corrected chi connectivity index (χ4v) is 6.53. The zero-order valence-corrected chi connectivity index (χ0v) is 26.9. The van der Waals surface area contributed by atoms with E-state index in [1.54, 1.807) is 0 Å². The van der Waals surface area contributed by atoms with Crippen molar-refractivity contribution in [3.05, 3.63) is 100 Å². The molecule has 0 aromatic heterocycles. The molecule has 1 aliphatic carbocycles. The molecular weight excluding hydrogens is 635 g/mol. The van der Waals surface area contributed by atoms with Crippen LogP contribution < -0.4 is 9.62 Å². The van der Waals surface area contributed by atoms with Gasteiger partial charge in [-0.05, 0) is 60.4 Å². The van der Waals surface area contributed by atoms with Gasteiger partial charge in [-0.25, -0.2) is 8.70 Å². The molecule has 1 fully saturated rings. The molecule has 8 nitrogen and oxygen atoms in total. The molecule has 4 rings (SSSR count). The predicted molar refractivity (Wildman–Crippen MR) is 170 cm³/mol. The molecule has 1 saturated carbocycles. The second-order valence-corrected chi connectivity index (χ2v) is 14.0. The topological polar surface area (TPSA) is 90.0 Å². The van der Waals surface area contributed by atoms with Gasteiger partial charge in [0.25, 0.3) is 0 Å². The monoisotopic (exact) mass is 672 g/mol. The fourth-order valence-electron chi connectivity index (χ4n) is 5.21. The van der Waals surface area contributed by atoms with E-state index in [1.807, 2.05) is 54.6 Å². The van der Waals surface area contributed by atoms with Gasteiger partial charge in [-0.15, -0.1) is 0 Å². The molecule has 1 N–H and O–H groups in total. The lowest BCUT2D eigenvalue weighted by molar-refractivity contribution is -0.140. The molecule has 1 atom stereocenters. The van der Waals surface area contributed by atoms with Crippen molar-refractivity contribution < 1.29 is 22.4 Å². The first-order valence-corrected chi connectivity index (χ1v) is 16.6. The van der Waals surface area contributed by atoms with Crippen LogP contribution in [-0.2, 0) is 32.8 Å². The number of anilines is 1. The van der Waals surface area contributed by atoms with Gasteiger partial charge in [0, 0.05) is 37.6 Å². The van der Waals surface area contributed by atoms with Crippen LogP contribution in [0.5, 0.6) is 0 Å². The summed E-state index contributed by atoms with van der Waals surface area (Å²) in [7, 11) is -1.42. The number of rotatable bonds is 12. The second-order valence-electron chi connectivity index (χ2n) is 11.0. The molecule has 0 saturated heterocycles. The van der Waals surface area contributed by atoms with Gasteiger partial charge in [0.15, 0.2) is 0 Å². The highest BCUT2D eigenvalue weighted by Gasteiger charge is 2.35. The van der Waals surface area contributed by atoms with Gasteiger partial charge in [0.2, 0.25) is 11.8 Å². The average molecular weight is 674 g/mol. The van der Waals surface area contributed by atoms with Crippen molar-refractivity contribution in [3.63, 3.8) is 0 Å². The normalized spacial score (nSPS) is 14.7. The third-order valence-corrected chi connectivity index (χ3v) is 9.97. The fraction of sp³-hybridized carbons (Fsp3) is 0.375. The van der Waals surface area contributed by atoms with E-state index in [9.17, 15) is 22.4 Å². The van der Waals surface area contributed by atoms with Crippen LogP contribution in [0.2, 0.25) is 0 Å². The average Bonchev–Trinajstić information content (AvgIpc) is 3.00. The Bertz CT molecular complexity index is 1470. The van der Waals surface area contributed by atoms with Crippen LogP contribution in [0.25, 0.3) is 0 Å². The van der Waals surface area contributed by atoms with Gasteiger partial charge in [-0.2, -0.15) is 12.7 Å². The second kappa shape index (κ2) is 14.9. The first kappa shape index (κ1) is 32.6. The van der Waals surface area contributed by atoms with Crippen molar-refractivity contribution in [1.82, 2.24) is 14.5 Å². The lowest BCUT2D eigenvalue weighted by Gasteiger charge is -2.35. The van der Waals surface area contributed by atoms with Crippen LogP contribution in [0.1, 0.15) is 43.2 Å². The molecule has 0 spiro atoms. The molecule has 0 unspecified atom stereocenters. The quantitative estimate of drug-likeness (QED) is 0.283. The molecule has 0 radical (unpaired) electrons. The van der Waals surface area contributed by atoms with E-state index in [-0.39, 0.29) is 30.6 Å². The lowest BCUT2D eigenvalue weighted by Crippen LogP contribution is -2.55. The van der Waals surface area contributed by atoms with E-state index >= 15 is 0 Å². The summed E-state index contributed by atoms with van der Waals surface area (Å²) in [6.07, 6.45) is 5.20. The standard InChI is InChI=1S/C32H38BrFN4O4S/c1-36(2)43(41,42)38(29-19-17-27(34)18-20-29)23-31(39)37(22-25-13-15-26(33)16-14-25)30(21-24-9-5-3-6-10-24)32(40)35-28-11-7-4-8-12-28/h3,5-6,9-10,13-20,28,30H,4,7-8,11-12,21-23H2,1-2H3,(H,35,40)/t30-/m0/s1. The van der Waals surface area contributed by atoms with Crippen molar-refractivity contribution >= 4 is 43.6 Å². The highest BCUT2D eigenvalue weighted by atomic mass is 79.9. The summed E-state index contributed by atoms with van der Waals surface area (Å²) in [6, 6.07) is 20.9. The Morgan fingerprint density at radius 2 is 1.53 bits per heavy atom. The summed E-state index contributed by atoms with van der Waals surface area (Å²) in [6.45, 7) is -0.494. The number of carbonyl (C=O) groups is 2. The molecule has 3 aromatic carbocycles. The summed E-state index contributed by atoms with van der Waals surface area (Å²) < 4.78 is 43.4. The Hall–Kier alpha value is -3.28. The number of halogens is 2. The van der Waals surface area contributed by atoms with Crippen LogP contribution in [0, 0.1) is 5.82 Å². The van der Waals surface area contributed by atoms with Crippen LogP contribution in [0.15, 0.2) is 83.3 Å². The third kappa shape index (κ3) is 8.87. The minimum absolute atomic E-state index is 0.0222. The molecule has 0 aliphatic heterocycles. The molecule has 3 aromatic rings. The van der Waals surface area contributed by atoms with Crippen LogP contribution >= 0.6 is 15.9 Å². The Morgan fingerprint density at radius 1 is 0.907 bits per heavy atom. The zero-order valence-electron chi connectivity index (χ0n) is 24.5. The van der Waals surface area contributed by atoms with Crippen molar-refractivity contribution in [3.8, 4) is 0 Å². The van der Waals surface area contributed by atoms with Gasteiger partial charge in [0.1, 0.15) is 18.4 Å². The molecule has 43 heavy (non-hydrogen) atoms. The minimum Gasteiger partial charge on any atom is -0.352 e. The molecule has 2 amide bonds. The van der Waals surface area contributed by atoms with Crippen LogP contribution in [-0.4, -0.2) is 62.2 Å². The van der Waals surface area contributed by atoms with E-state index in [0.717, 1.165) is 68.4 Å². The minimum atomic E-state index is -4.15. The Labute approximate surface area is 262 Å². The van der Waals surface area contributed by atoms with E-state index in [4.69, 9.17) is 0 Å². The molecule has 0 bridgehead atoms. The molecule has 1 aliphatic rings. The molecular formula is C32H38BrFN4O4S. The lowest BCUT2D eigenvalue weighted by atomic mass is 9.94. The van der Waals surface area contributed by atoms with Gasteiger partial charge < -0.3 is 10.2 Å². The van der Waals surface area contributed by atoms with Crippen molar-refractivity contribution in [2.45, 2.75) is 57.2 Å². The van der Waals surface area contributed by atoms with E-state index in [0.29, 0.717) is 0 Å². The Morgan fingerprint density at radius 3 is 2.14 bits per heavy atom. The number of nitrogens with zero attached hydrogens (tertiary/aromatic N) is 3. The SMILES string of the molecule is CN(C)S(=O)(=O)N(CC(=O)N(Cc1ccc(Br)cc1)[C@@H](Cc1ccccc1)C(=O)NC1CCCCC1)c1ccc(F)cc1. The van der Waals surface area contributed by atoms with Gasteiger partial charge in [0.05, 0.1) is 5.69 Å². The Kier molecular flexibility index (Phi) is 11.3. The summed E-state index contributed by atoms with van der Waals surface area (Å²) in [5.41, 5.74) is 1.79. The van der Waals surface area contributed by atoms with Crippen molar-refractivity contribution in [1.29, 1.82) is 0 Å². The van der Waals surface area contributed by atoms with E-state index in [2.05, 4.69) is 21.2 Å². The first-order valence-electron chi connectivity index (χ1n) is 14.4. The number of amides is 2. The number of nitrogens with one attached hydrogen (secondary N) is 1. The largest absolute Gasteiger partial charge is 0.352 e. The highest BCUT2D eigenvalue weighted by Crippen LogP contribution is 2.24. The summed E-state index contributed by atoms with van der Waals surface area (Å²) >= 11 is 3.44. The highest BCUT2D eigenvalue weighted by molar-refractivity contribution is 9.10. The maximum atomic E-state index is 14.3. The van der Waals surface area contributed by atoms with Crippen molar-refractivity contribution in [2.75, 3.05) is 24.9 Å². The predicted octanol–water partition coefficient (Wildman–Crippen LogP) is 5.29. The molecule has 0 heterocycles. The number of benzene rings is 3. The van der Waals surface area contributed by atoms with E-state index < -0.39 is 34.5 Å². The van der Waals surface area contributed by atoms with Gasteiger partial charge in [-0.1, -0.05) is 77.7 Å². The smallest absolute Gasteiger partial charge is 0.304 e. The maximum Gasteiger partial charge on any atom is 0.304 e. The number of hydrogen-bond acceptors (Lipinski definition) is 4.